The van der Waals surface area contributed by atoms with Crippen LogP contribution in [0.1, 0.15) is 12.8 Å². The van der Waals surface area contributed by atoms with Crippen molar-refractivity contribution in [2.75, 3.05) is 12.3 Å². The molecule has 0 atom stereocenters. The summed E-state index contributed by atoms with van der Waals surface area (Å²) in [6.07, 6.45) is -2.69. The minimum Gasteiger partial charge on any atom is -0.324 e. The van der Waals surface area contributed by atoms with Crippen LogP contribution in [0.15, 0.2) is 12.2 Å². The van der Waals surface area contributed by atoms with E-state index in [4.69, 9.17) is 19.6 Å². The van der Waals surface area contributed by atoms with Crippen LogP contribution < -0.4 is 0 Å². The normalized spacial score (nSPS) is 15.3. The average Bonchev–Trinajstić information content (AvgIpc) is 2.19. The van der Waals surface area contributed by atoms with E-state index in [0.717, 1.165) is 0 Å². The van der Waals surface area contributed by atoms with Crippen LogP contribution in [-0.2, 0) is 18.3 Å². The van der Waals surface area contributed by atoms with Crippen LogP contribution in [0.4, 0.5) is 0 Å². The van der Waals surface area contributed by atoms with E-state index in [2.05, 4.69) is 0 Å². The Morgan fingerprint density at radius 3 is 1.48 bits per heavy atom. The van der Waals surface area contributed by atoms with Crippen molar-refractivity contribution >= 4 is 30.4 Å². The molecule has 8 N–H and O–H groups in total. The summed E-state index contributed by atoms with van der Waals surface area (Å²) in [4.78, 5) is 68.8. The maximum absolute atomic E-state index is 11.6. The third-order valence-electron chi connectivity index (χ3n) is 2.73. The number of hydrogen-bond acceptors (Lipinski definition) is 4. The highest BCUT2D eigenvalue weighted by atomic mass is 31.2. The fraction of sp³-hybridized carbons (Fsp3) is 0.714. The van der Waals surface area contributed by atoms with Crippen LogP contribution in [0.2, 0.25) is 0 Å². The van der Waals surface area contributed by atoms with Crippen molar-refractivity contribution in [3.63, 3.8) is 0 Å². The van der Waals surface area contributed by atoms with Gasteiger partial charge in [-0.05, 0) is 12.8 Å². The van der Waals surface area contributed by atoms with Crippen molar-refractivity contribution in [3.8, 4) is 0 Å². The fourth-order valence-corrected chi connectivity index (χ4v) is 5.47. The van der Waals surface area contributed by atoms with Gasteiger partial charge in [0.1, 0.15) is 0 Å². The lowest BCUT2D eigenvalue weighted by molar-refractivity contribution is 0.314. The molecule has 0 aliphatic heterocycles. The molecule has 0 aliphatic rings. The number of hydrogen-bond donors (Lipinski definition) is 8. The predicted octanol–water partition coefficient (Wildman–Crippen LogP) is -0.270. The maximum Gasteiger partial charge on any atom is 0.347 e. The first-order valence-electron chi connectivity index (χ1n) is 5.79. The lowest BCUT2D eigenvalue weighted by atomic mass is 10.2. The summed E-state index contributed by atoms with van der Waals surface area (Å²) in [5.74, 6) is 0. The Balaban J connectivity index is 5.74. The monoisotopic (exact) mass is 418 g/mol. The first-order chi connectivity index (χ1) is 9.91. The molecule has 0 aliphatic carbocycles. The van der Waals surface area contributed by atoms with Gasteiger partial charge in [-0.25, -0.2) is 0 Å². The van der Waals surface area contributed by atoms with Gasteiger partial charge in [0.2, 0.25) is 0 Å². The van der Waals surface area contributed by atoms with Gasteiger partial charge in [0, 0.05) is 6.16 Å². The molecule has 0 fully saturated rings. The van der Waals surface area contributed by atoms with Crippen molar-refractivity contribution < 1.29 is 57.4 Å². The number of rotatable bonds is 9. The molecule has 16 heteroatoms. The van der Waals surface area contributed by atoms with E-state index in [1.807, 2.05) is 0 Å². The molecule has 0 bridgehead atoms. The summed E-state index contributed by atoms with van der Waals surface area (Å²) in [6, 6.07) is 0. The van der Waals surface area contributed by atoms with Crippen molar-refractivity contribution in [2.24, 2.45) is 0 Å². The van der Waals surface area contributed by atoms with Crippen LogP contribution in [0.5, 0.6) is 0 Å². The average molecular weight is 418 g/mol. The SMILES string of the molecule is O=P(O)(O)CC=CC(CCCP(=O)(O)O)(P(=O)(O)O)P(=O)(O)O. The molecule has 0 aromatic rings. The Bertz CT molecular complexity index is 593. The fourth-order valence-electron chi connectivity index (χ4n) is 1.66. The largest absolute Gasteiger partial charge is 0.347 e. The van der Waals surface area contributed by atoms with Gasteiger partial charge in [0.15, 0.2) is 4.90 Å². The van der Waals surface area contributed by atoms with Gasteiger partial charge in [-0.3, -0.25) is 18.3 Å². The van der Waals surface area contributed by atoms with Crippen LogP contribution >= 0.6 is 30.4 Å². The van der Waals surface area contributed by atoms with E-state index < -0.39 is 60.4 Å². The van der Waals surface area contributed by atoms with E-state index in [0.29, 0.717) is 12.2 Å². The zero-order valence-corrected chi connectivity index (χ0v) is 15.1. The first-order valence-corrected chi connectivity index (χ1v) is 12.6. The molecular formula is C7H18O12P4. The molecule has 0 spiro atoms. The quantitative estimate of drug-likeness (QED) is 0.179. The van der Waals surface area contributed by atoms with Crippen molar-refractivity contribution in [2.45, 2.75) is 17.7 Å². The molecule has 0 aromatic heterocycles. The van der Waals surface area contributed by atoms with E-state index >= 15 is 0 Å². The second kappa shape index (κ2) is 7.70. The van der Waals surface area contributed by atoms with Crippen LogP contribution in [0.25, 0.3) is 0 Å². The predicted molar refractivity (Wildman–Crippen MR) is 79.0 cm³/mol. The smallest absolute Gasteiger partial charge is 0.324 e. The molecule has 138 valence electrons. The van der Waals surface area contributed by atoms with Gasteiger partial charge in [0.25, 0.3) is 0 Å². The first kappa shape index (κ1) is 23.3. The summed E-state index contributed by atoms with van der Waals surface area (Å²) >= 11 is 0. The van der Waals surface area contributed by atoms with Crippen molar-refractivity contribution in [1.82, 2.24) is 0 Å². The van der Waals surface area contributed by atoms with E-state index in [9.17, 15) is 37.8 Å². The Kier molecular flexibility index (Phi) is 7.82. The van der Waals surface area contributed by atoms with Crippen LogP contribution in [0.3, 0.4) is 0 Å². The summed E-state index contributed by atoms with van der Waals surface area (Å²) < 4.78 is 44.6. The topological polar surface area (TPSA) is 230 Å². The molecule has 23 heavy (non-hydrogen) atoms. The molecule has 0 radical (unpaired) electrons. The Morgan fingerprint density at radius 1 is 0.739 bits per heavy atom. The van der Waals surface area contributed by atoms with Crippen LogP contribution in [0, 0.1) is 0 Å². The summed E-state index contributed by atoms with van der Waals surface area (Å²) in [7, 11) is -20.3. The highest BCUT2D eigenvalue weighted by molar-refractivity contribution is 7.72. The second-order valence-electron chi connectivity index (χ2n) is 4.71. The molecule has 0 unspecified atom stereocenters. The highest BCUT2D eigenvalue weighted by Gasteiger charge is 2.57. The lowest BCUT2D eigenvalue weighted by Crippen LogP contribution is -2.27. The van der Waals surface area contributed by atoms with Gasteiger partial charge >= 0.3 is 30.4 Å². The van der Waals surface area contributed by atoms with Crippen molar-refractivity contribution in [1.29, 1.82) is 0 Å². The lowest BCUT2D eigenvalue weighted by Gasteiger charge is -2.32. The van der Waals surface area contributed by atoms with Gasteiger partial charge in [-0.1, -0.05) is 12.2 Å². The maximum atomic E-state index is 11.6. The minimum absolute atomic E-state index is 0.313. The standard InChI is InChI=1S/C7H18O12P4/c8-20(9,10)5-1-3-7(22(14,15)16,23(17,18)19)4-2-6-21(11,12)13/h1,3H,2,4-6H2,(H2,8,9,10)(H2,11,12,13)(H2,14,15,16)(H2,17,18,19). The second-order valence-corrected chi connectivity index (χ2v) is 12.3. The molecule has 0 aromatic carbocycles. The molecular weight excluding hydrogens is 400 g/mol. The van der Waals surface area contributed by atoms with E-state index in [1.165, 1.54) is 0 Å². The van der Waals surface area contributed by atoms with Crippen molar-refractivity contribution in [3.05, 3.63) is 12.2 Å². The third-order valence-corrected chi connectivity index (χ3v) is 8.64. The zero-order valence-electron chi connectivity index (χ0n) is 11.5. The highest BCUT2D eigenvalue weighted by Crippen LogP contribution is 2.72. The molecule has 0 saturated heterocycles. The van der Waals surface area contributed by atoms with Crippen LogP contribution in [-0.4, -0.2) is 56.4 Å². The van der Waals surface area contributed by atoms with Gasteiger partial charge < -0.3 is 39.1 Å². The third kappa shape index (κ3) is 7.84. The zero-order chi connectivity index (χ0) is 18.7. The summed E-state index contributed by atoms with van der Waals surface area (Å²) in [5.41, 5.74) is 0. The molecule has 0 amide bonds. The van der Waals surface area contributed by atoms with Gasteiger partial charge in [0.05, 0.1) is 6.16 Å². The molecule has 0 saturated carbocycles. The van der Waals surface area contributed by atoms with E-state index in [-0.39, 0.29) is 0 Å². The number of allylic oxidation sites excluding steroid dienone is 2. The van der Waals surface area contributed by atoms with Gasteiger partial charge in [-0.15, -0.1) is 0 Å². The Hall–Kier alpha value is 0.340. The van der Waals surface area contributed by atoms with E-state index in [1.54, 1.807) is 0 Å². The molecule has 12 nitrogen and oxygen atoms in total. The summed E-state index contributed by atoms with van der Waals surface area (Å²) in [6.45, 7) is 0. The minimum atomic E-state index is -5.55. The Morgan fingerprint density at radius 2 is 1.17 bits per heavy atom. The molecule has 0 rings (SSSR count). The van der Waals surface area contributed by atoms with Gasteiger partial charge in [-0.2, -0.15) is 0 Å². The Labute approximate surface area is 130 Å². The summed E-state index contributed by atoms with van der Waals surface area (Å²) in [5, 5.41) is 0. The molecule has 0 heterocycles.